The van der Waals surface area contributed by atoms with Gasteiger partial charge in [0.15, 0.2) is 0 Å². The van der Waals surface area contributed by atoms with Gasteiger partial charge in [0.05, 0.1) is 5.02 Å². The third-order valence-electron chi connectivity index (χ3n) is 2.57. The van der Waals surface area contributed by atoms with E-state index in [-0.39, 0.29) is 0 Å². The van der Waals surface area contributed by atoms with Crippen LogP contribution in [0.3, 0.4) is 0 Å². The number of hydrogen-bond acceptors (Lipinski definition) is 2. The lowest BCUT2D eigenvalue weighted by molar-refractivity contribution is 0.482. The van der Waals surface area contributed by atoms with Crippen LogP contribution in [-0.2, 0) is 6.54 Å². The van der Waals surface area contributed by atoms with Crippen LogP contribution in [0.5, 0.6) is 11.5 Å². The molecule has 0 aliphatic heterocycles. The summed E-state index contributed by atoms with van der Waals surface area (Å²) >= 11 is 6.04. The van der Waals surface area contributed by atoms with E-state index in [2.05, 4.69) is 24.4 Å². The normalized spacial score (nSPS) is 10.3. The fourth-order valence-electron chi connectivity index (χ4n) is 1.60. The SMILES string of the molecule is CCNCc1ccc(Oc2ccccc2Cl)cc1. The molecule has 0 saturated carbocycles. The van der Waals surface area contributed by atoms with Gasteiger partial charge in [-0.05, 0) is 36.4 Å². The van der Waals surface area contributed by atoms with Gasteiger partial charge < -0.3 is 10.1 Å². The van der Waals surface area contributed by atoms with Crippen molar-refractivity contribution in [1.82, 2.24) is 5.32 Å². The van der Waals surface area contributed by atoms with Crippen molar-refractivity contribution >= 4 is 11.6 Å². The molecule has 0 heterocycles. The first-order valence-electron chi connectivity index (χ1n) is 6.01. The Hall–Kier alpha value is -1.51. The molecule has 0 amide bonds. The number of nitrogens with one attached hydrogen (secondary N) is 1. The standard InChI is InChI=1S/C15H16ClNO/c1-2-17-11-12-7-9-13(10-8-12)18-15-6-4-3-5-14(15)16/h3-10,17H,2,11H2,1H3. The molecule has 0 spiro atoms. The predicted molar refractivity (Wildman–Crippen MR) is 75.3 cm³/mol. The minimum absolute atomic E-state index is 0.620. The van der Waals surface area contributed by atoms with Gasteiger partial charge in [-0.1, -0.05) is 42.8 Å². The predicted octanol–water partition coefficient (Wildman–Crippen LogP) is 4.24. The summed E-state index contributed by atoms with van der Waals surface area (Å²) in [5, 5.41) is 3.90. The van der Waals surface area contributed by atoms with Crippen molar-refractivity contribution in [3.05, 3.63) is 59.1 Å². The molecule has 0 aliphatic rings. The van der Waals surface area contributed by atoms with Crippen molar-refractivity contribution in [3.63, 3.8) is 0 Å². The second-order valence-electron chi connectivity index (χ2n) is 3.96. The Morgan fingerprint density at radius 1 is 1.06 bits per heavy atom. The van der Waals surface area contributed by atoms with Gasteiger partial charge in [0, 0.05) is 6.54 Å². The van der Waals surface area contributed by atoms with Crippen LogP contribution in [0.2, 0.25) is 5.02 Å². The van der Waals surface area contributed by atoms with E-state index in [9.17, 15) is 0 Å². The molecule has 0 fully saturated rings. The molecular weight excluding hydrogens is 246 g/mol. The first-order valence-corrected chi connectivity index (χ1v) is 6.39. The zero-order valence-electron chi connectivity index (χ0n) is 10.3. The lowest BCUT2D eigenvalue weighted by Gasteiger charge is -2.08. The van der Waals surface area contributed by atoms with E-state index < -0.39 is 0 Å². The van der Waals surface area contributed by atoms with Gasteiger partial charge in [-0.2, -0.15) is 0 Å². The van der Waals surface area contributed by atoms with Gasteiger partial charge in [-0.15, -0.1) is 0 Å². The summed E-state index contributed by atoms with van der Waals surface area (Å²) in [6, 6.07) is 15.5. The Balaban J connectivity index is 2.04. The molecule has 1 N–H and O–H groups in total. The van der Waals surface area contributed by atoms with E-state index in [1.165, 1.54) is 5.56 Å². The number of para-hydroxylation sites is 1. The van der Waals surface area contributed by atoms with Crippen LogP contribution in [0.25, 0.3) is 0 Å². The van der Waals surface area contributed by atoms with Crippen LogP contribution in [-0.4, -0.2) is 6.54 Å². The maximum Gasteiger partial charge on any atom is 0.146 e. The first-order chi connectivity index (χ1) is 8.79. The Bertz CT molecular complexity index is 496. The van der Waals surface area contributed by atoms with Crippen LogP contribution in [0.1, 0.15) is 12.5 Å². The van der Waals surface area contributed by atoms with Crippen LogP contribution >= 0.6 is 11.6 Å². The Kier molecular flexibility index (Phi) is 4.62. The highest BCUT2D eigenvalue weighted by molar-refractivity contribution is 6.32. The number of hydrogen-bond donors (Lipinski definition) is 1. The highest BCUT2D eigenvalue weighted by Gasteiger charge is 2.01. The van der Waals surface area contributed by atoms with Crippen molar-refractivity contribution in [1.29, 1.82) is 0 Å². The molecule has 2 aromatic rings. The molecule has 0 bridgehead atoms. The number of rotatable bonds is 5. The van der Waals surface area contributed by atoms with Crippen molar-refractivity contribution in [2.75, 3.05) is 6.54 Å². The van der Waals surface area contributed by atoms with Crippen LogP contribution in [0.4, 0.5) is 0 Å². The molecule has 0 saturated heterocycles. The number of halogens is 1. The zero-order chi connectivity index (χ0) is 12.8. The second kappa shape index (κ2) is 6.43. The maximum absolute atomic E-state index is 6.04. The smallest absolute Gasteiger partial charge is 0.146 e. The monoisotopic (exact) mass is 261 g/mol. The Morgan fingerprint density at radius 2 is 1.78 bits per heavy atom. The first kappa shape index (κ1) is 12.9. The molecule has 0 unspecified atom stereocenters. The van der Waals surface area contributed by atoms with E-state index in [1.807, 2.05) is 36.4 Å². The topological polar surface area (TPSA) is 21.3 Å². The van der Waals surface area contributed by atoms with Crippen molar-refractivity contribution in [2.24, 2.45) is 0 Å². The molecule has 0 radical (unpaired) electrons. The molecule has 0 atom stereocenters. The summed E-state index contributed by atoms with van der Waals surface area (Å²) in [6.07, 6.45) is 0. The van der Waals surface area contributed by atoms with Gasteiger partial charge in [0.2, 0.25) is 0 Å². The molecule has 3 heteroatoms. The van der Waals surface area contributed by atoms with Gasteiger partial charge in [-0.25, -0.2) is 0 Å². The molecular formula is C15H16ClNO. The summed E-state index contributed by atoms with van der Waals surface area (Å²) in [6.45, 7) is 3.94. The molecule has 0 aromatic heterocycles. The maximum atomic E-state index is 6.04. The lowest BCUT2D eigenvalue weighted by Crippen LogP contribution is -2.11. The number of benzene rings is 2. The van der Waals surface area contributed by atoms with Gasteiger partial charge >= 0.3 is 0 Å². The highest BCUT2D eigenvalue weighted by Crippen LogP contribution is 2.28. The number of ether oxygens (including phenoxy) is 1. The van der Waals surface area contributed by atoms with Crippen LogP contribution in [0.15, 0.2) is 48.5 Å². The molecule has 18 heavy (non-hydrogen) atoms. The van der Waals surface area contributed by atoms with E-state index in [1.54, 1.807) is 0 Å². The molecule has 2 nitrogen and oxygen atoms in total. The Morgan fingerprint density at radius 3 is 2.44 bits per heavy atom. The average molecular weight is 262 g/mol. The quantitative estimate of drug-likeness (QED) is 0.869. The van der Waals surface area contributed by atoms with E-state index in [0.717, 1.165) is 18.8 Å². The largest absolute Gasteiger partial charge is 0.456 e. The van der Waals surface area contributed by atoms with E-state index in [0.29, 0.717) is 10.8 Å². The summed E-state index contributed by atoms with van der Waals surface area (Å²) in [4.78, 5) is 0. The summed E-state index contributed by atoms with van der Waals surface area (Å²) in [5.74, 6) is 1.47. The summed E-state index contributed by atoms with van der Waals surface area (Å²) in [7, 11) is 0. The zero-order valence-corrected chi connectivity index (χ0v) is 11.1. The minimum Gasteiger partial charge on any atom is -0.456 e. The molecule has 2 rings (SSSR count). The van der Waals surface area contributed by atoms with E-state index >= 15 is 0 Å². The molecule has 0 aliphatic carbocycles. The average Bonchev–Trinajstić information content (AvgIpc) is 2.41. The van der Waals surface area contributed by atoms with Crippen molar-refractivity contribution < 1.29 is 4.74 Å². The van der Waals surface area contributed by atoms with Crippen LogP contribution < -0.4 is 10.1 Å². The van der Waals surface area contributed by atoms with Crippen molar-refractivity contribution in [3.8, 4) is 11.5 Å². The third kappa shape index (κ3) is 3.49. The van der Waals surface area contributed by atoms with Gasteiger partial charge in [0.25, 0.3) is 0 Å². The minimum atomic E-state index is 0.620. The summed E-state index contributed by atoms with van der Waals surface area (Å²) in [5.41, 5.74) is 1.24. The van der Waals surface area contributed by atoms with E-state index in [4.69, 9.17) is 16.3 Å². The van der Waals surface area contributed by atoms with Crippen molar-refractivity contribution in [2.45, 2.75) is 13.5 Å². The third-order valence-corrected chi connectivity index (χ3v) is 2.88. The molecule has 2 aromatic carbocycles. The lowest BCUT2D eigenvalue weighted by atomic mass is 10.2. The highest BCUT2D eigenvalue weighted by atomic mass is 35.5. The fraction of sp³-hybridized carbons (Fsp3) is 0.200. The Labute approximate surface area is 113 Å². The van der Waals surface area contributed by atoms with Gasteiger partial charge in [0.1, 0.15) is 11.5 Å². The van der Waals surface area contributed by atoms with Crippen LogP contribution in [0, 0.1) is 0 Å². The van der Waals surface area contributed by atoms with Gasteiger partial charge in [-0.3, -0.25) is 0 Å². The summed E-state index contributed by atoms with van der Waals surface area (Å²) < 4.78 is 5.72. The second-order valence-corrected chi connectivity index (χ2v) is 4.36. The fourth-order valence-corrected chi connectivity index (χ4v) is 1.77. The molecule has 94 valence electrons.